The van der Waals surface area contributed by atoms with Crippen LogP contribution in [0.5, 0.6) is 0 Å². The molecule has 0 spiro atoms. The third-order valence-corrected chi connectivity index (χ3v) is 14.5. The first-order valence-corrected chi connectivity index (χ1v) is 25.2. The number of nitrogens with zero attached hydrogens (tertiary/aromatic N) is 11. The van der Waals surface area contributed by atoms with Crippen molar-refractivity contribution < 1.29 is 0 Å². The van der Waals surface area contributed by atoms with Gasteiger partial charge in [0.15, 0.2) is 40.2 Å². The Kier molecular flexibility index (Phi) is 11.5. The third kappa shape index (κ3) is 7.82. The number of nitriles is 2. The molecule has 10 aromatic carbocycles. The van der Waals surface area contributed by atoms with Crippen molar-refractivity contribution in [1.82, 2.24) is 24.1 Å². The molecule has 3 aromatic heterocycles. The Bertz CT molecular complexity index is 4900. The van der Waals surface area contributed by atoms with Crippen LogP contribution in [0.1, 0.15) is 11.1 Å². The molecule has 0 aliphatic carbocycles. The highest BCUT2D eigenvalue weighted by molar-refractivity contribution is 6.13. The zero-order chi connectivity index (χ0) is 54.4. The van der Waals surface area contributed by atoms with E-state index in [1.54, 1.807) is 0 Å². The smallest absolute Gasteiger partial charge is 0.186 e. The minimum atomic E-state index is 0.230. The van der Waals surface area contributed by atoms with Gasteiger partial charge in [0.1, 0.15) is 0 Å². The van der Waals surface area contributed by atoms with E-state index in [1.165, 1.54) is 24.3 Å². The molecule has 0 amide bonds. The van der Waals surface area contributed by atoms with Gasteiger partial charge in [-0.15, -0.1) is 0 Å². The number of para-hydroxylation sites is 3. The number of hydrogen-bond acceptors (Lipinski definition) is 5. The van der Waals surface area contributed by atoms with Gasteiger partial charge in [-0.05, 0) is 95.6 Å². The van der Waals surface area contributed by atoms with Crippen LogP contribution >= 0.6 is 0 Å². The van der Waals surface area contributed by atoms with Crippen molar-refractivity contribution in [2.45, 2.75) is 0 Å². The fourth-order valence-electron chi connectivity index (χ4n) is 11.0. The average molecular weight is 1020 g/mol. The van der Waals surface area contributed by atoms with E-state index in [1.807, 2.05) is 133 Å². The molecule has 0 aliphatic heterocycles. The van der Waals surface area contributed by atoms with Gasteiger partial charge in [0.2, 0.25) is 0 Å². The molecule has 0 radical (unpaired) electrons. The largest absolute Gasteiger partial charge is 0.309 e. The molecule has 11 nitrogen and oxygen atoms in total. The Labute approximate surface area is 458 Å². The lowest BCUT2D eigenvalue weighted by Crippen LogP contribution is -2.03. The SMILES string of the molecule is [C-]#[N+]c1cc(C#N)c(-c2ccc3c(c2)c2ccccc2n3-c2ccc(-c3nc(-c4ccccc4)nc(-c4ccccc4)n3)cc2-c2ccccc2-n2c3ccccc3c3cc(-c4c([N+]#[C-])cc(C#N)cc4[N+]#[C-])ccc32)c([N+]#[C-])c1. The maximum Gasteiger partial charge on any atom is 0.186 e. The molecular weight excluding hydrogens is 983 g/mol. The fourth-order valence-corrected chi connectivity index (χ4v) is 11.0. The second-order valence-corrected chi connectivity index (χ2v) is 18.9. The molecule has 0 bridgehead atoms. The summed E-state index contributed by atoms with van der Waals surface area (Å²) in [7, 11) is 0. The quantitative estimate of drug-likeness (QED) is 0.141. The Morgan fingerprint density at radius 2 is 0.812 bits per heavy atom. The summed E-state index contributed by atoms with van der Waals surface area (Å²) in [6, 6.07) is 73.3. The molecule has 13 rings (SSSR count). The van der Waals surface area contributed by atoms with E-state index in [2.05, 4.69) is 95.2 Å². The van der Waals surface area contributed by atoms with Crippen LogP contribution in [0.4, 0.5) is 22.7 Å². The summed E-state index contributed by atoms with van der Waals surface area (Å²) >= 11 is 0. The molecule has 11 heteroatoms. The third-order valence-electron chi connectivity index (χ3n) is 14.5. The van der Waals surface area contributed by atoms with Crippen molar-refractivity contribution in [3.8, 4) is 91.1 Å². The minimum Gasteiger partial charge on any atom is -0.309 e. The van der Waals surface area contributed by atoms with E-state index >= 15 is 0 Å². The molecule has 3 heterocycles. The normalized spacial score (nSPS) is 10.9. The van der Waals surface area contributed by atoms with Gasteiger partial charge >= 0.3 is 0 Å². The highest BCUT2D eigenvalue weighted by Gasteiger charge is 2.24. The number of rotatable bonds is 8. The first-order valence-electron chi connectivity index (χ1n) is 25.2. The lowest BCUT2D eigenvalue weighted by atomic mass is 9.96. The predicted molar refractivity (Wildman–Crippen MR) is 316 cm³/mol. The van der Waals surface area contributed by atoms with Gasteiger partial charge in [0.05, 0.1) is 71.9 Å². The maximum atomic E-state index is 10.4. The number of hydrogen-bond donors (Lipinski definition) is 0. The van der Waals surface area contributed by atoms with Gasteiger partial charge in [-0.1, -0.05) is 133 Å². The molecule has 0 atom stereocenters. The van der Waals surface area contributed by atoms with E-state index in [9.17, 15) is 10.5 Å². The standard InChI is InChI=1S/C69H35N11/c1-72-49-35-48(41-71)65(58(39-49)75-4)45-27-30-63-53(36-45)50-21-12-16-26-61(50)80(63)64-32-29-47(69-77-67(43-17-7-5-8-18-43)76-68(78-69)44-19-9-6-10-20-44)38-55(64)52-23-13-15-25-60(52)79-59-24-14-11-22-51(59)54-37-46(28-31-62(54)79)66-56(73-2)33-42(40-70)34-57(66)74-3/h5-39H. The van der Waals surface area contributed by atoms with Gasteiger partial charge < -0.3 is 9.13 Å². The lowest BCUT2D eigenvalue weighted by Gasteiger charge is -2.20. The van der Waals surface area contributed by atoms with E-state index in [0.717, 1.165) is 82.8 Å². The fraction of sp³-hybridized carbons (Fsp3) is 0. The highest BCUT2D eigenvalue weighted by atomic mass is 15.0. The van der Waals surface area contributed by atoms with Crippen LogP contribution in [0.2, 0.25) is 0 Å². The van der Waals surface area contributed by atoms with Crippen LogP contribution in [-0.4, -0.2) is 24.1 Å². The summed E-state index contributed by atoms with van der Waals surface area (Å²) in [5, 5.41) is 23.9. The molecule has 0 unspecified atom stereocenters. The molecule has 0 N–H and O–H groups in total. The van der Waals surface area contributed by atoms with Crippen LogP contribution in [-0.2, 0) is 0 Å². The van der Waals surface area contributed by atoms with Crippen LogP contribution in [0.25, 0.3) is 142 Å². The minimum absolute atomic E-state index is 0.230. The summed E-state index contributed by atoms with van der Waals surface area (Å²) < 4.78 is 4.51. The number of fused-ring (bicyclic) bond motifs is 6. The van der Waals surface area contributed by atoms with Crippen LogP contribution in [0.15, 0.2) is 212 Å². The van der Waals surface area contributed by atoms with Crippen molar-refractivity contribution in [2.24, 2.45) is 0 Å². The summed E-state index contributed by atoms with van der Waals surface area (Å²) in [5.74, 6) is 1.54. The summed E-state index contributed by atoms with van der Waals surface area (Å²) in [4.78, 5) is 30.3. The van der Waals surface area contributed by atoms with Gasteiger partial charge in [0.25, 0.3) is 0 Å². The zero-order valence-corrected chi connectivity index (χ0v) is 42.1. The second-order valence-electron chi connectivity index (χ2n) is 18.9. The number of benzene rings is 10. The van der Waals surface area contributed by atoms with Crippen molar-refractivity contribution >= 4 is 66.4 Å². The molecule has 366 valence electrons. The van der Waals surface area contributed by atoms with E-state index in [-0.39, 0.29) is 33.9 Å². The molecule has 0 fully saturated rings. The first kappa shape index (κ1) is 47.5. The van der Waals surface area contributed by atoms with Gasteiger partial charge in [0, 0.05) is 66.1 Å². The van der Waals surface area contributed by atoms with E-state index < -0.39 is 0 Å². The lowest BCUT2D eigenvalue weighted by molar-refractivity contribution is 1.07. The van der Waals surface area contributed by atoms with Gasteiger partial charge in [-0.3, -0.25) is 0 Å². The topological polar surface area (TPSA) is 114 Å². The van der Waals surface area contributed by atoms with Crippen molar-refractivity contribution in [1.29, 1.82) is 10.5 Å². The van der Waals surface area contributed by atoms with Crippen molar-refractivity contribution in [3.63, 3.8) is 0 Å². The summed E-state index contributed by atoms with van der Waals surface area (Å²) in [5.41, 5.74) is 13.3. The molecule has 80 heavy (non-hydrogen) atoms. The number of aromatic nitrogens is 5. The van der Waals surface area contributed by atoms with E-state index in [4.69, 9.17) is 41.2 Å². The predicted octanol–water partition coefficient (Wildman–Crippen LogP) is 18.0. The molecule has 0 saturated heterocycles. The second kappa shape index (κ2) is 19.5. The molecule has 13 aromatic rings. The van der Waals surface area contributed by atoms with Crippen molar-refractivity contribution in [2.75, 3.05) is 0 Å². The summed E-state index contributed by atoms with van der Waals surface area (Å²) in [6.45, 7) is 31.9. The zero-order valence-electron chi connectivity index (χ0n) is 42.1. The summed E-state index contributed by atoms with van der Waals surface area (Å²) in [6.07, 6.45) is 0. The Morgan fingerprint density at radius 3 is 1.35 bits per heavy atom. The van der Waals surface area contributed by atoms with Crippen LogP contribution < -0.4 is 0 Å². The van der Waals surface area contributed by atoms with Gasteiger partial charge in [-0.25, -0.2) is 34.3 Å². The molecular formula is C69H35N11. The maximum absolute atomic E-state index is 10.4. The first-order chi connectivity index (χ1) is 39.4. The van der Waals surface area contributed by atoms with Crippen LogP contribution in [0.3, 0.4) is 0 Å². The Balaban J connectivity index is 1.09. The van der Waals surface area contributed by atoms with Gasteiger partial charge in [-0.2, -0.15) is 10.5 Å². The monoisotopic (exact) mass is 1020 g/mol. The molecule has 0 saturated carbocycles. The van der Waals surface area contributed by atoms with E-state index in [0.29, 0.717) is 39.7 Å². The van der Waals surface area contributed by atoms with Crippen molar-refractivity contribution in [3.05, 3.63) is 269 Å². The Hall–Kier alpha value is -12.3. The average Bonchev–Trinajstić information content (AvgIpc) is 4.06. The molecule has 0 aliphatic rings. The van der Waals surface area contributed by atoms with Crippen LogP contribution in [0, 0.1) is 49.0 Å². The Morgan fingerprint density at radius 1 is 0.350 bits per heavy atom. The highest BCUT2D eigenvalue weighted by Crippen LogP contribution is 2.47.